The van der Waals surface area contributed by atoms with E-state index < -0.39 is 6.03 Å². The van der Waals surface area contributed by atoms with Crippen LogP contribution >= 0.6 is 12.6 Å². The van der Waals surface area contributed by atoms with E-state index in [2.05, 4.69) is 19.2 Å². The van der Waals surface area contributed by atoms with Crippen LogP contribution in [0, 0.1) is 0 Å². The van der Waals surface area contributed by atoms with Gasteiger partial charge in [-0.05, 0) is 17.2 Å². The van der Waals surface area contributed by atoms with Gasteiger partial charge in [-0.2, -0.15) is 12.6 Å². The van der Waals surface area contributed by atoms with Crippen LogP contribution in [0.1, 0.15) is 11.1 Å². The highest BCUT2D eigenvalue weighted by atomic mass is 32.1. The van der Waals surface area contributed by atoms with E-state index in [1.54, 1.807) is 18.2 Å². The molecular formula is C11H16N4OS. The molecule has 17 heavy (non-hydrogen) atoms. The fourth-order valence-electron chi connectivity index (χ4n) is 1.45. The van der Waals surface area contributed by atoms with Crippen LogP contribution in [0.3, 0.4) is 0 Å². The van der Waals surface area contributed by atoms with Gasteiger partial charge in [-0.1, -0.05) is 24.8 Å². The van der Waals surface area contributed by atoms with E-state index in [-0.39, 0.29) is 0 Å². The van der Waals surface area contributed by atoms with Crippen molar-refractivity contribution in [3.63, 3.8) is 0 Å². The molecule has 0 saturated carbocycles. The number of hydrazine groups is 2. The van der Waals surface area contributed by atoms with Gasteiger partial charge in [-0.3, -0.25) is 5.01 Å². The van der Waals surface area contributed by atoms with Gasteiger partial charge in [0.25, 0.3) is 0 Å². The van der Waals surface area contributed by atoms with Crippen molar-refractivity contribution in [1.82, 2.24) is 5.01 Å². The molecule has 6 heteroatoms. The molecule has 4 N–H and O–H groups in total. The van der Waals surface area contributed by atoms with Crippen molar-refractivity contribution < 1.29 is 4.79 Å². The first-order valence-corrected chi connectivity index (χ1v) is 5.58. The van der Waals surface area contributed by atoms with Crippen LogP contribution < -0.4 is 16.7 Å². The van der Waals surface area contributed by atoms with E-state index in [4.69, 9.17) is 11.7 Å². The van der Waals surface area contributed by atoms with Crippen LogP contribution in [0.15, 0.2) is 24.8 Å². The van der Waals surface area contributed by atoms with Crippen molar-refractivity contribution in [2.45, 2.75) is 5.75 Å². The molecule has 1 rings (SSSR count). The van der Waals surface area contributed by atoms with Gasteiger partial charge in [0.1, 0.15) is 0 Å². The summed E-state index contributed by atoms with van der Waals surface area (Å²) in [6, 6.07) is 4.91. The largest absolute Gasteiger partial charge is 0.352 e. The normalized spacial score (nSPS) is 9.88. The van der Waals surface area contributed by atoms with E-state index >= 15 is 0 Å². The van der Waals surface area contributed by atoms with Crippen molar-refractivity contribution in [2.24, 2.45) is 11.7 Å². The lowest BCUT2D eigenvalue weighted by atomic mass is 10.1. The molecule has 0 radical (unpaired) electrons. The van der Waals surface area contributed by atoms with Crippen molar-refractivity contribution in [1.29, 1.82) is 0 Å². The molecule has 0 heterocycles. The summed E-state index contributed by atoms with van der Waals surface area (Å²) in [5.41, 5.74) is 2.30. The molecule has 1 aromatic rings. The Labute approximate surface area is 106 Å². The minimum atomic E-state index is -0.505. The Kier molecular flexibility index (Phi) is 4.56. The van der Waals surface area contributed by atoms with Crippen LogP contribution in [0.5, 0.6) is 0 Å². The van der Waals surface area contributed by atoms with Gasteiger partial charge >= 0.3 is 6.03 Å². The van der Waals surface area contributed by atoms with Crippen LogP contribution in [0.25, 0.3) is 6.08 Å². The quantitative estimate of drug-likeness (QED) is 0.329. The zero-order valence-corrected chi connectivity index (χ0v) is 10.5. The second kappa shape index (κ2) is 5.72. The molecule has 2 amide bonds. The first-order chi connectivity index (χ1) is 8.02. The molecule has 92 valence electrons. The lowest BCUT2D eigenvalue weighted by molar-refractivity contribution is 0.216. The van der Waals surface area contributed by atoms with Gasteiger partial charge in [0, 0.05) is 12.8 Å². The van der Waals surface area contributed by atoms with Crippen molar-refractivity contribution in [2.75, 3.05) is 12.1 Å². The number of carbonyl (C=O) groups excluding carboxylic acids is 1. The molecule has 0 saturated heterocycles. The molecule has 0 aliphatic heterocycles. The molecule has 0 aliphatic carbocycles. The number of nitrogens with zero attached hydrogens (tertiary/aromatic N) is 2. The van der Waals surface area contributed by atoms with Crippen LogP contribution in [-0.4, -0.2) is 18.1 Å². The van der Waals surface area contributed by atoms with Gasteiger partial charge in [0.15, 0.2) is 0 Å². The number of urea groups is 1. The Balaban J connectivity index is 3.21. The Morgan fingerprint density at radius 1 is 1.53 bits per heavy atom. The Bertz CT molecular complexity index is 433. The smallest absolute Gasteiger partial charge is 0.264 e. The summed E-state index contributed by atoms with van der Waals surface area (Å²) in [4.78, 5) is 11.7. The monoisotopic (exact) mass is 252 g/mol. The topological polar surface area (TPSA) is 75.6 Å². The Morgan fingerprint density at radius 2 is 2.18 bits per heavy atom. The summed E-state index contributed by atoms with van der Waals surface area (Å²) in [7, 11) is 1.43. The summed E-state index contributed by atoms with van der Waals surface area (Å²) in [6.07, 6.45) is 1.69. The number of carbonyl (C=O) groups is 1. The van der Waals surface area contributed by atoms with Crippen LogP contribution in [0.4, 0.5) is 10.5 Å². The molecule has 0 unspecified atom stereocenters. The molecule has 5 nitrogen and oxygen atoms in total. The highest BCUT2D eigenvalue weighted by molar-refractivity contribution is 7.79. The van der Waals surface area contributed by atoms with E-state index in [0.717, 1.165) is 21.1 Å². The molecular weight excluding hydrogens is 236 g/mol. The summed E-state index contributed by atoms with van der Waals surface area (Å²) in [6.45, 7) is 3.71. The average molecular weight is 252 g/mol. The summed E-state index contributed by atoms with van der Waals surface area (Å²) in [5, 5.41) is 1.92. The minimum Gasteiger partial charge on any atom is -0.264 e. The maximum Gasteiger partial charge on any atom is 0.352 e. The predicted molar refractivity (Wildman–Crippen MR) is 73.2 cm³/mol. The zero-order chi connectivity index (χ0) is 13.0. The van der Waals surface area contributed by atoms with Crippen molar-refractivity contribution in [3.8, 4) is 0 Å². The number of amides is 2. The van der Waals surface area contributed by atoms with E-state index in [1.807, 2.05) is 6.07 Å². The fourth-order valence-corrected chi connectivity index (χ4v) is 1.80. The molecule has 0 bridgehead atoms. The molecule has 1 aromatic carbocycles. The average Bonchev–Trinajstić information content (AvgIpc) is 2.35. The maximum absolute atomic E-state index is 11.7. The van der Waals surface area contributed by atoms with E-state index in [0.29, 0.717) is 11.4 Å². The number of rotatable bonds is 3. The van der Waals surface area contributed by atoms with Crippen LogP contribution in [-0.2, 0) is 5.75 Å². The third-order valence-corrected chi connectivity index (χ3v) is 2.65. The molecule has 0 spiro atoms. The summed E-state index contributed by atoms with van der Waals surface area (Å²) >= 11 is 4.23. The van der Waals surface area contributed by atoms with Gasteiger partial charge in [-0.25, -0.2) is 21.5 Å². The second-order valence-corrected chi connectivity index (χ2v) is 3.79. The third-order valence-electron chi connectivity index (χ3n) is 2.33. The first-order valence-electron chi connectivity index (χ1n) is 4.95. The Hall–Kier alpha value is -1.50. The number of benzene rings is 1. The highest BCUT2D eigenvalue weighted by Crippen LogP contribution is 2.25. The second-order valence-electron chi connectivity index (χ2n) is 3.47. The lowest BCUT2D eigenvalue weighted by Gasteiger charge is -2.23. The van der Waals surface area contributed by atoms with Crippen molar-refractivity contribution >= 4 is 30.4 Å². The number of anilines is 1. The minimum absolute atomic E-state index is 0.451. The number of thiol groups is 1. The van der Waals surface area contributed by atoms with E-state index in [9.17, 15) is 4.79 Å². The standard InChI is InChI=1S/C11H16N4OS/c1-3-8-5-4-6-10(9(8)7-17)15(13)11(16)14(2)12/h3-6,17H,1,7,12-13H2,2H3. The third kappa shape index (κ3) is 2.79. The molecule has 0 fully saturated rings. The first kappa shape index (κ1) is 13.6. The highest BCUT2D eigenvalue weighted by Gasteiger charge is 2.17. The summed E-state index contributed by atoms with van der Waals surface area (Å²) < 4.78 is 0. The number of hydrogen-bond acceptors (Lipinski definition) is 4. The van der Waals surface area contributed by atoms with Crippen molar-refractivity contribution in [3.05, 3.63) is 35.9 Å². The van der Waals surface area contributed by atoms with Gasteiger partial charge in [0.05, 0.1) is 5.69 Å². The SMILES string of the molecule is C=Cc1cccc(N(N)C(=O)N(C)N)c1CS. The number of hydrogen-bond donors (Lipinski definition) is 3. The summed E-state index contributed by atoms with van der Waals surface area (Å²) in [5.74, 6) is 11.5. The number of nitrogens with two attached hydrogens (primary N) is 2. The lowest BCUT2D eigenvalue weighted by Crippen LogP contribution is -2.49. The van der Waals surface area contributed by atoms with E-state index in [1.165, 1.54) is 7.05 Å². The Morgan fingerprint density at radius 3 is 2.65 bits per heavy atom. The molecule has 0 aromatic heterocycles. The molecule has 0 atom stereocenters. The maximum atomic E-state index is 11.7. The van der Waals surface area contributed by atoms with Crippen LogP contribution in [0.2, 0.25) is 0 Å². The van der Waals surface area contributed by atoms with Gasteiger partial charge in [-0.15, -0.1) is 0 Å². The zero-order valence-electron chi connectivity index (χ0n) is 9.63. The predicted octanol–water partition coefficient (Wildman–Crippen LogP) is 1.36. The molecule has 0 aliphatic rings. The van der Waals surface area contributed by atoms with Gasteiger partial charge in [0.2, 0.25) is 0 Å². The fraction of sp³-hybridized carbons (Fsp3) is 0.182. The van der Waals surface area contributed by atoms with Gasteiger partial charge < -0.3 is 0 Å².